The Bertz CT molecular complexity index is 567. The lowest BCUT2D eigenvalue weighted by molar-refractivity contribution is 0.0586. The number of halogens is 1. The maximum absolute atomic E-state index is 12.9. The molecule has 2 N–H and O–H groups in total. The van der Waals surface area contributed by atoms with Crippen LogP contribution in [-0.2, 0) is 4.74 Å². The summed E-state index contributed by atoms with van der Waals surface area (Å²) in [6, 6.07) is 5.61. The number of hydrogen-bond donors (Lipinski definition) is 1. The fourth-order valence-electron chi connectivity index (χ4n) is 1.69. The Morgan fingerprint density at radius 2 is 2.16 bits per heavy atom. The Kier molecular flexibility index (Phi) is 3.86. The van der Waals surface area contributed by atoms with Crippen molar-refractivity contribution in [1.29, 1.82) is 0 Å². The molecule has 0 radical (unpaired) electrons. The minimum absolute atomic E-state index is 0.0388. The van der Waals surface area contributed by atoms with E-state index in [0.717, 1.165) is 5.56 Å². The highest BCUT2D eigenvalue weighted by Crippen LogP contribution is 2.16. The van der Waals surface area contributed by atoms with E-state index in [4.69, 9.17) is 5.73 Å². The predicted molar refractivity (Wildman–Crippen MR) is 65.0 cm³/mol. The number of methoxy groups -OCH3 is 1. The molecular formula is C12H13FN4O2. The molecule has 1 aromatic carbocycles. The minimum atomic E-state index is -0.617. The molecule has 1 heterocycles. The van der Waals surface area contributed by atoms with Gasteiger partial charge in [-0.2, -0.15) is 0 Å². The van der Waals surface area contributed by atoms with Gasteiger partial charge in [0.15, 0.2) is 0 Å². The van der Waals surface area contributed by atoms with Crippen LogP contribution in [0.15, 0.2) is 30.6 Å². The zero-order valence-electron chi connectivity index (χ0n) is 10.3. The average Bonchev–Trinajstić information content (AvgIpc) is 2.90. The van der Waals surface area contributed by atoms with Crippen LogP contribution in [0.25, 0.3) is 0 Å². The highest BCUT2D eigenvalue weighted by atomic mass is 19.1. The quantitative estimate of drug-likeness (QED) is 0.824. The van der Waals surface area contributed by atoms with Crippen LogP contribution < -0.4 is 5.73 Å². The van der Waals surface area contributed by atoms with Gasteiger partial charge < -0.3 is 10.5 Å². The molecule has 0 spiro atoms. The van der Waals surface area contributed by atoms with Crippen LogP contribution in [0.1, 0.15) is 22.2 Å². The van der Waals surface area contributed by atoms with Crippen molar-refractivity contribution in [2.75, 3.05) is 13.7 Å². The number of rotatable bonds is 4. The third-order valence-corrected chi connectivity index (χ3v) is 2.67. The number of benzene rings is 1. The summed E-state index contributed by atoms with van der Waals surface area (Å²) >= 11 is 0. The standard InChI is InChI=1S/C12H13FN4O2/c1-19-12(18)11-15-7-17(16-11)10(6-14)8-2-4-9(13)5-3-8/h2-5,7,10H,6,14H2,1H3. The number of ether oxygens (including phenoxy) is 1. The summed E-state index contributed by atoms with van der Waals surface area (Å²) in [6.45, 7) is 0.246. The zero-order chi connectivity index (χ0) is 13.8. The van der Waals surface area contributed by atoms with E-state index in [-0.39, 0.29) is 24.2 Å². The van der Waals surface area contributed by atoms with Gasteiger partial charge in [0, 0.05) is 6.54 Å². The molecule has 0 aliphatic heterocycles. The number of esters is 1. The van der Waals surface area contributed by atoms with Gasteiger partial charge in [-0.3, -0.25) is 0 Å². The topological polar surface area (TPSA) is 83.0 Å². The van der Waals surface area contributed by atoms with E-state index in [1.165, 1.54) is 30.3 Å². The van der Waals surface area contributed by atoms with Crippen LogP contribution in [0.3, 0.4) is 0 Å². The van der Waals surface area contributed by atoms with E-state index in [2.05, 4.69) is 14.8 Å². The normalized spacial score (nSPS) is 12.2. The second kappa shape index (κ2) is 5.57. The number of hydrogen-bond acceptors (Lipinski definition) is 5. The van der Waals surface area contributed by atoms with Gasteiger partial charge in [-0.15, -0.1) is 5.10 Å². The van der Waals surface area contributed by atoms with Crippen LogP contribution in [0.5, 0.6) is 0 Å². The lowest BCUT2D eigenvalue weighted by atomic mass is 10.1. The number of aromatic nitrogens is 3. The molecule has 100 valence electrons. The van der Waals surface area contributed by atoms with Crippen molar-refractivity contribution >= 4 is 5.97 Å². The summed E-state index contributed by atoms with van der Waals surface area (Å²) in [5.74, 6) is -0.981. The first-order valence-corrected chi connectivity index (χ1v) is 5.60. The summed E-state index contributed by atoms with van der Waals surface area (Å²) in [5, 5.41) is 4.01. The van der Waals surface area contributed by atoms with Crippen LogP contribution >= 0.6 is 0 Å². The van der Waals surface area contributed by atoms with E-state index in [0.29, 0.717) is 0 Å². The van der Waals surface area contributed by atoms with Crippen LogP contribution in [0.4, 0.5) is 4.39 Å². The molecule has 19 heavy (non-hydrogen) atoms. The number of carbonyl (C=O) groups is 1. The van der Waals surface area contributed by atoms with E-state index in [1.807, 2.05) is 0 Å². The van der Waals surface area contributed by atoms with Gasteiger partial charge in [-0.1, -0.05) is 12.1 Å². The highest BCUT2D eigenvalue weighted by molar-refractivity contribution is 5.84. The highest BCUT2D eigenvalue weighted by Gasteiger charge is 2.17. The molecular weight excluding hydrogens is 251 g/mol. The Labute approximate surface area is 109 Å². The molecule has 0 aliphatic rings. The minimum Gasteiger partial charge on any atom is -0.463 e. The molecule has 2 aromatic rings. The van der Waals surface area contributed by atoms with Crippen LogP contribution in [-0.4, -0.2) is 34.4 Å². The first-order chi connectivity index (χ1) is 9.15. The fraction of sp³-hybridized carbons (Fsp3) is 0.250. The largest absolute Gasteiger partial charge is 0.463 e. The van der Waals surface area contributed by atoms with Crippen LogP contribution in [0.2, 0.25) is 0 Å². The summed E-state index contributed by atoms with van der Waals surface area (Å²) in [6.07, 6.45) is 1.40. The number of nitrogens with zero attached hydrogens (tertiary/aromatic N) is 3. The van der Waals surface area contributed by atoms with E-state index in [1.54, 1.807) is 12.1 Å². The monoisotopic (exact) mass is 264 g/mol. The van der Waals surface area contributed by atoms with Crippen molar-refractivity contribution in [2.24, 2.45) is 5.73 Å². The maximum atomic E-state index is 12.9. The average molecular weight is 264 g/mol. The van der Waals surface area contributed by atoms with Crippen LogP contribution in [0, 0.1) is 5.82 Å². The smallest absolute Gasteiger partial charge is 0.377 e. The summed E-state index contributed by atoms with van der Waals surface area (Å²) in [7, 11) is 1.25. The maximum Gasteiger partial charge on any atom is 0.377 e. The van der Waals surface area contributed by atoms with Gasteiger partial charge in [-0.05, 0) is 17.7 Å². The SMILES string of the molecule is COC(=O)c1ncn(C(CN)c2ccc(F)cc2)n1. The fourth-order valence-corrected chi connectivity index (χ4v) is 1.69. The lowest BCUT2D eigenvalue weighted by Crippen LogP contribution is -2.21. The van der Waals surface area contributed by atoms with Gasteiger partial charge in [0.2, 0.25) is 0 Å². The molecule has 1 atom stereocenters. The van der Waals surface area contributed by atoms with Crippen molar-refractivity contribution in [3.05, 3.63) is 47.8 Å². The third kappa shape index (κ3) is 2.76. The van der Waals surface area contributed by atoms with Gasteiger partial charge in [0.25, 0.3) is 5.82 Å². The molecule has 1 unspecified atom stereocenters. The summed E-state index contributed by atoms with van der Waals surface area (Å²) in [5.41, 5.74) is 6.48. The molecule has 2 rings (SSSR count). The molecule has 0 fully saturated rings. The van der Waals surface area contributed by atoms with Crippen molar-refractivity contribution in [1.82, 2.24) is 14.8 Å². The first-order valence-electron chi connectivity index (χ1n) is 5.60. The van der Waals surface area contributed by atoms with E-state index < -0.39 is 5.97 Å². The Balaban J connectivity index is 2.29. The number of nitrogens with two attached hydrogens (primary N) is 1. The molecule has 0 amide bonds. The van der Waals surface area contributed by atoms with Crippen molar-refractivity contribution in [3.63, 3.8) is 0 Å². The van der Waals surface area contributed by atoms with Gasteiger partial charge in [-0.25, -0.2) is 18.9 Å². The molecule has 0 bridgehead atoms. The van der Waals surface area contributed by atoms with Gasteiger partial charge in [0.1, 0.15) is 12.1 Å². The Hall–Kier alpha value is -2.28. The van der Waals surface area contributed by atoms with Crippen molar-refractivity contribution in [3.8, 4) is 0 Å². The molecule has 7 heteroatoms. The van der Waals surface area contributed by atoms with Crippen molar-refractivity contribution in [2.45, 2.75) is 6.04 Å². The third-order valence-electron chi connectivity index (χ3n) is 2.67. The Morgan fingerprint density at radius 1 is 1.47 bits per heavy atom. The molecule has 0 aliphatic carbocycles. The molecule has 0 saturated heterocycles. The predicted octanol–water partition coefficient (Wildman–Crippen LogP) is 0.752. The molecule has 1 aromatic heterocycles. The van der Waals surface area contributed by atoms with E-state index >= 15 is 0 Å². The number of carbonyl (C=O) groups excluding carboxylic acids is 1. The molecule has 0 saturated carbocycles. The van der Waals surface area contributed by atoms with Gasteiger partial charge in [0.05, 0.1) is 13.2 Å². The second-order valence-corrected chi connectivity index (χ2v) is 3.84. The van der Waals surface area contributed by atoms with E-state index in [9.17, 15) is 9.18 Å². The van der Waals surface area contributed by atoms with Crippen molar-refractivity contribution < 1.29 is 13.9 Å². The summed E-state index contributed by atoms with van der Waals surface area (Å²) < 4.78 is 18.9. The zero-order valence-corrected chi connectivity index (χ0v) is 10.3. The second-order valence-electron chi connectivity index (χ2n) is 3.84. The first kappa shape index (κ1) is 13.2. The molecule has 6 nitrogen and oxygen atoms in total. The lowest BCUT2D eigenvalue weighted by Gasteiger charge is -2.14. The van der Waals surface area contributed by atoms with Gasteiger partial charge >= 0.3 is 5.97 Å². The Morgan fingerprint density at radius 3 is 2.74 bits per heavy atom. The summed E-state index contributed by atoms with van der Waals surface area (Å²) in [4.78, 5) is 15.1.